The molecule has 2 aliphatic heterocycles. The molecule has 1 unspecified atom stereocenters. The molecule has 0 spiro atoms. The summed E-state index contributed by atoms with van der Waals surface area (Å²) in [5, 5.41) is 11.1. The molecule has 0 radical (unpaired) electrons. The number of cyclic esters (lactones) is 1. The highest BCUT2D eigenvalue weighted by Crippen LogP contribution is 2.19. The Labute approximate surface area is 87.2 Å². The van der Waals surface area contributed by atoms with Gasteiger partial charge in [-0.05, 0) is 5.92 Å². The molecule has 0 bridgehead atoms. The number of likely N-dealkylation sites (tertiary alicyclic amines) is 1. The highest BCUT2D eigenvalue weighted by Gasteiger charge is 2.32. The van der Waals surface area contributed by atoms with Crippen LogP contribution in [0.4, 0.5) is 4.79 Å². The van der Waals surface area contributed by atoms with Gasteiger partial charge in [0, 0.05) is 19.6 Å². The number of hydrogen-bond donors (Lipinski definition) is 2. The van der Waals surface area contributed by atoms with E-state index in [4.69, 9.17) is 9.84 Å². The number of alkyl carbamates (subject to hydrolysis) is 1. The molecular weight excluding hydrogens is 200 g/mol. The molecule has 2 heterocycles. The number of carbonyl (C=O) groups excluding carboxylic acids is 1. The van der Waals surface area contributed by atoms with Gasteiger partial charge in [-0.25, -0.2) is 4.79 Å². The van der Waals surface area contributed by atoms with Gasteiger partial charge in [-0.15, -0.1) is 0 Å². The van der Waals surface area contributed by atoms with E-state index in [9.17, 15) is 9.59 Å². The highest BCUT2D eigenvalue weighted by atomic mass is 16.6. The molecule has 0 aromatic heterocycles. The van der Waals surface area contributed by atoms with Crippen LogP contribution in [0.5, 0.6) is 0 Å². The summed E-state index contributed by atoms with van der Waals surface area (Å²) in [4.78, 5) is 23.2. The number of carboxylic acids is 1. The number of aliphatic carboxylic acids is 1. The molecule has 6 nitrogen and oxygen atoms in total. The standard InChI is InChI=1S/C9H14N2O4/c12-8(13)1-6-3-11(4-6)5-7-2-10-9(14)15-7/h6-7H,1-5H2,(H,10,14)(H,12,13). The molecule has 1 amide bonds. The van der Waals surface area contributed by atoms with Gasteiger partial charge >= 0.3 is 12.1 Å². The van der Waals surface area contributed by atoms with E-state index in [0.29, 0.717) is 13.1 Å². The highest BCUT2D eigenvalue weighted by molar-refractivity contribution is 5.69. The van der Waals surface area contributed by atoms with Crippen molar-refractivity contribution in [1.82, 2.24) is 10.2 Å². The Hall–Kier alpha value is -1.30. The van der Waals surface area contributed by atoms with E-state index in [1.54, 1.807) is 0 Å². The molecule has 2 fully saturated rings. The second kappa shape index (κ2) is 4.06. The minimum Gasteiger partial charge on any atom is -0.481 e. The predicted octanol–water partition coefficient (Wildman–Crippen LogP) is -0.499. The van der Waals surface area contributed by atoms with E-state index < -0.39 is 5.97 Å². The van der Waals surface area contributed by atoms with Gasteiger partial charge in [-0.3, -0.25) is 9.69 Å². The van der Waals surface area contributed by atoms with Crippen molar-refractivity contribution in [3.63, 3.8) is 0 Å². The van der Waals surface area contributed by atoms with E-state index in [-0.39, 0.29) is 24.5 Å². The van der Waals surface area contributed by atoms with E-state index in [2.05, 4.69) is 10.2 Å². The molecule has 15 heavy (non-hydrogen) atoms. The molecule has 6 heteroatoms. The van der Waals surface area contributed by atoms with Crippen molar-refractivity contribution in [3.8, 4) is 0 Å². The first kappa shape index (κ1) is 10.2. The molecule has 0 aliphatic carbocycles. The second-order valence-corrected chi connectivity index (χ2v) is 4.09. The monoisotopic (exact) mass is 214 g/mol. The predicted molar refractivity (Wildman–Crippen MR) is 50.5 cm³/mol. The van der Waals surface area contributed by atoms with Gasteiger partial charge in [-0.2, -0.15) is 0 Å². The smallest absolute Gasteiger partial charge is 0.407 e. The maximum atomic E-state index is 10.7. The van der Waals surface area contributed by atoms with Gasteiger partial charge in [0.1, 0.15) is 6.10 Å². The molecule has 0 aromatic rings. The summed E-state index contributed by atoms with van der Waals surface area (Å²) in [6.45, 7) is 2.84. The largest absolute Gasteiger partial charge is 0.481 e. The maximum Gasteiger partial charge on any atom is 0.407 e. The van der Waals surface area contributed by atoms with Gasteiger partial charge in [0.25, 0.3) is 0 Å². The van der Waals surface area contributed by atoms with Crippen LogP contribution in [0.2, 0.25) is 0 Å². The van der Waals surface area contributed by atoms with Gasteiger partial charge in [0.2, 0.25) is 0 Å². The van der Waals surface area contributed by atoms with Crippen molar-refractivity contribution < 1.29 is 19.4 Å². The Kier molecular flexibility index (Phi) is 2.77. The quantitative estimate of drug-likeness (QED) is 0.659. The lowest BCUT2D eigenvalue weighted by molar-refractivity contribution is -0.139. The molecule has 2 aliphatic rings. The van der Waals surface area contributed by atoms with Crippen molar-refractivity contribution in [3.05, 3.63) is 0 Å². The average molecular weight is 214 g/mol. The van der Waals surface area contributed by atoms with Crippen molar-refractivity contribution >= 4 is 12.1 Å². The maximum absolute atomic E-state index is 10.7. The topological polar surface area (TPSA) is 78.9 Å². The number of nitrogens with one attached hydrogen (secondary N) is 1. The van der Waals surface area contributed by atoms with Crippen molar-refractivity contribution in [2.24, 2.45) is 5.92 Å². The lowest BCUT2D eigenvalue weighted by Gasteiger charge is -2.39. The van der Waals surface area contributed by atoms with Crippen LogP contribution in [-0.2, 0) is 9.53 Å². The van der Waals surface area contributed by atoms with Crippen LogP contribution in [-0.4, -0.2) is 54.4 Å². The third kappa shape index (κ3) is 2.59. The van der Waals surface area contributed by atoms with Crippen LogP contribution >= 0.6 is 0 Å². The lowest BCUT2D eigenvalue weighted by Crippen LogP contribution is -2.50. The Morgan fingerprint density at radius 2 is 2.33 bits per heavy atom. The Morgan fingerprint density at radius 3 is 2.87 bits per heavy atom. The summed E-state index contributed by atoms with van der Waals surface area (Å²) in [6.07, 6.45) is -0.204. The van der Waals surface area contributed by atoms with Crippen LogP contribution in [0.3, 0.4) is 0 Å². The number of carbonyl (C=O) groups is 2. The third-order valence-electron chi connectivity index (χ3n) is 2.71. The Balaban J connectivity index is 1.63. The molecular formula is C9H14N2O4. The summed E-state index contributed by atoms with van der Waals surface area (Å²) in [7, 11) is 0. The third-order valence-corrected chi connectivity index (χ3v) is 2.71. The average Bonchev–Trinajstić information content (AvgIpc) is 2.47. The first-order valence-electron chi connectivity index (χ1n) is 5.02. The number of amides is 1. The number of rotatable bonds is 4. The number of ether oxygens (including phenoxy) is 1. The molecule has 2 N–H and O–H groups in total. The summed E-state index contributed by atoms with van der Waals surface area (Å²) < 4.78 is 4.98. The zero-order valence-electron chi connectivity index (χ0n) is 8.31. The minimum absolute atomic E-state index is 0.0803. The van der Waals surface area contributed by atoms with Gasteiger partial charge in [0.05, 0.1) is 13.0 Å². The first-order valence-corrected chi connectivity index (χ1v) is 5.02. The molecule has 2 rings (SSSR count). The fourth-order valence-corrected chi connectivity index (χ4v) is 2.02. The summed E-state index contributed by atoms with van der Waals surface area (Å²) >= 11 is 0. The van der Waals surface area contributed by atoms with Crippen molar-refractivity contribution in [1.29, 1.82) is 0 Å². The number of hydrogen-bond acceptors (Lipinski definition) is 4. The Morgan fingerprint density at radius 1 is 1.60 bits per heavy atom. The first-order chi connectivity index (χ1) is 7.13. The van der Waals surface area contributed by atoms with Crippen LogP contribution in [0.15, 0.2) is 0 Å². The van der Waals surface area contributed by atoms with Crippen LogP contribution < -0.4 is 5.32 Å². The van der Waals surface area contributed by atoms with Crippen molar-refractivity contribution in [2.45, 2.75) is 12.5 Å². The fourth-order valence-electron chi connectivity index (χ4n) is 2.02. The van der Waals surface area contributed by atoms with E-state index in [1.165, 1.54) is 0 Å². The summed E-state index contributed by atoms with van der Waals surface area (Å²) in [6, 6.07) is 0. The van der Waals surface area contributed by atoms with Crippen LogP contribution in [0, 0.1) is 5.92 Å². The number of carboxylic acid groups (broad SMARTS) is 1. The minimum atomic E-state index is -0.742. The normalized spacial score (nSPS) is 26.9. The summed E-state index contributed by atoms with van der Waals surface area (Å²) in [5.74, 6) is -0.485. The van der Waals surface area contributed by atoms with Gasteiger partial charge < -0.3 is 15.2 Å². The second-order valence-electron chi connectivity index (χ2n) is 4.09. The molecule has 0 saturated carbocycles. The van der Waals surface area contributed by atoms with Crippen LogP contribution in [0.25, 0.3) is 0 Å². The van der Waals surface area contributed by atoms with Crippen LogP contribution in [0.1, 0.15) is 6.42 Å². The van der Waals surface area contributed by atoms with Gasteiger partial charge in [0.15, 0.2) is 0 Å². The fraction of sp³-hybridized carbons (Fsp3) is 0.778. The van der Waals surface area contributed by atoms with E-state index in [1.807, 2.05) is 0 Å². The molecule has 0 aromatic carbocycles. The summed E-state index contributed by atoms with van der Waals surface area (Å²) in [5.41, 5.74) is 0. The number of nitrogens with zero attached hydrogens (tertiary/aromatic N) is 1. The Bertz CT molecular complexity index is 275. The van der Waals surface area contributed by atoms with E-state index in [0.717, 1.165) is 13.1 Å². The molecule has 1 atom stereocenters. The zero-order valence-corrected chi connectivity index (χ0v) is 8.31. The van der Waals surface area contributed by atoms with Crippen molar-refractivity contribution in [2.75, 3.05) is 26.2 Å². The zero-order chi connectivity index (χ0) is 10.8. The molecule has 2 saturated heterocycles. The van der Waals surface area contributed by atoms with E-state index >= 15 is 0 Å². The lowest BCUT2D eigenvalue weighted by atomic mass is 9.96. The SMILES string of the molecule is O=C(O)CC1CN(CC2CNC(=O)O2)C1. The molecule has 84 valence electrons. The van der Waals surface area contributed by atoms with Gasteiger partial charge in [-0.1, -0.05) is 0 Å².